The normalized spacial score (nSPS) is 13.5. The second kappa shape index (κ2) is 12.8. The lowest BCUT2D eigenvalue weighted by Gasteiger charge is -2.39. The van der Waals surface area contributed by atoms with Gasteiger partial charge in [-0.3, -0.25) is 4.79 Å². The summed E-state index contributed by atoms with van der Waals surface area (Å²) in [6.07, 6.45) is 12.3. The molecular formula is C22H44O2. The second-order valence-electron chi connectivity index (χ2n) is 8.20. The molecule has 24 heavy (non-hydrogen) atoms. The van der Waals surface area contributed by atoms with Gasteiger partial charge < -0.3 is 4.74 Å². The van der Waals surface area contributed by atoms with E-state index >= 15 is 0 Å². The van der Waals surface area contributed by atoms with Crippen LogP contribution in [0.5, 0.6) is 0 Å². The van der Waals surface area contributed by atoms with Crippen LogP contribution in [0.3, 0.4) is 0 Å². The molecule has 0 N–H and O–H groups in total. The van der Waals surface area contributed by atoms with Crippen LogP contribution in [-0.2, 0) is 9.53 Å². The van der Waals surface area contributed by atoms with Gasteiger partial charge in [0.2, 0.25) is 0 Å². The van der Waals surface area contributed by atoms with E-state index in [1.54, 1.807) is 0 Å². The zero-order chi connectivity index (χ0) is 18.6. The first-order valence-electron chi connectivity index (χ1n) is 10.5. The van der Waals surface area contributed by atoms with E-state index in [0.717, 1.165) is 19.3 Å². The minimum absolute atomic E-state index is 0.0212. The van der Waals surface area contributed by atoms with E-state index in [0.29, 0.717) is 11.8 Å². The van der Waals surface area contributed by atoms with Gasteiger partial charge in [0, 0.05) is 0 Å². The van der Waals surface area contributed by atoms with E-state index in [2.05, 4.69) is 41.5 Å². The molecule has 0 spiro atoms. The second-order valence-corrected chi connectivity index (χ2v) is 8.20. The van der Waals surface area contributed by atoms with E-state index in [9.17, 15) is 4.79 Å². The van der Waals surface area contributed by atoms with E-state index in [1.807, 2.05) is 6.92 Å². The van der Waals surface area contributed by atoms with Gasteiger partial charge in [-0.05, 0) is 31.6 Å². The highest BCUT2D eigenvalue weighted by molar-refractivity contribution is 5.77. The minimum atomic E-state index is -0.328. The van der Waals surface area contributed by atoms with Crippen LogP contribution in [0.15, 0.2) is 0 Å². The molecular weight excluding hydrogens is 296 g/mol. The molecule has 144 valence electrons. The fraction of sp³-hybridized carbons (Fsp3) is 0.955. The first kappa shape index (κ1) is 23.5. The van der Waals surface area contributed by atoms with Crippen molar-refractivity contribution in [3.63, 3.8) is 0 Å². The van der Waals surface area contributed by atoms with Crippen LogP contribution < -0.4 is 0 Å². The van der Waals surface area contributed by atoms with Crippen molar-refractivity contribution in [3.8, 4) is 0 Å². The van der Waals surface area contributed by atoms with Crippen molar-refractivity contribution >= 4 is 5.97 Å². The quantitative estimate of drug-likeness (QED) is 0.248. The predicted molar refractivity (Wildman–Crippen MR) is 105 cm³/mol. The largest absolute Gasteiger partial charge is 0.462 e. The number of esters is 1. The average molecular weight is 341 g/mol. The number of hydrogen-bond acceptors (Lipinski definition) is 2. The Labute approximate surface area is 152 Å². The van der Waals surface area contributed by atoms with Crippen molar-refractivity contribution in [1.82, 2.24) is 0 Å². The van der Waals surface area contributed by atoms with Gasteiger partial charge in [-0.25, -0.2) is 0 Å². The number of carbonyl (C=O) groups excluding carboxylic acids is 1. The molecule has 0 heterocycles. The lowest BCUT2D eigenvalue weighted by molar-refractivity contribution is -0.168. The van der Waals surface area contributed by atoms with Gasteiger partial charge in [0.1, 0.15) is 0 Å². The Morgan fingerprint density at radius 2 is 1.25 bits per heavy atom. The van der Waals surface area contributed by atoms with Gasteiger partial charge in [-0.2, -0.15) is 0 Å². The van der Waals surface area contributed by atoms with E-state index in [4.69, 9.17) is 4.74 Å². The summed E-state index contributed by atoms with van der Waals surface area (Å²) in [6, 6.07) is 0. The topological polar surface area (TPSA) is 26.3 Å². The Bertz CT molecular complexity index is 312. The summed E-state index contributed by atoms with van der Waals surface area (Å²) in [5.74, 6) is 0.669. The van der Waals surface area contributed by atoms with Crippen LogP contribution >= 0.6 is 0 Å². The molecule has 0 aliphatic heterocycles. The molecule has 0 aromatic rings. The molecule has 0 aliphatic rings. The van der Waals surface area contributed by atoms with Crippen LogP contribution in [0, 0.1) is 17.3 Å². The van der Waals surface area contributed by atoms with Gasteiger partial charge in [0.15, 0.2) is 0 Å². The summed E-state index contributed by atoms with van der Waals surface area (Å²) in [6.45, 7) is 15.1. The molecule has 0 rings (SSSR count). The zero-order valence-corrected chi connectivity index (χ0v) is 17.6. The van der Waals surface area contributed by atoms with Gasteiger partial charge in [-0.15, -0.1) is 0 Å². The highest BCUT2D eigenvalue weighted by Crippen LogP contribution is 2.42. The molecule has 0 saturated carbocycles. The summed E-state index contributed by atoms with van der Waals surface area (Å²) in [5.41, 5.74) is -0.328. The summed E-state index contributed by atoms with van der Waals surface area (Å²) < 4.78 is 5.77. The van der Waals surface area contributed by atoms with Crippen LogP contribution in [0.1, 0.15) is 113 Å². The Hall–Kier alpha value is -0.530. The molecule has 2 heteroatoms. The molecule has 0 radical (unpaired) electrons. The molecule has 1 atom stereocenters. The van der Waals surface area contributed by atoms with Crippen molar-refractivity contribution in [2.24, 2.45) is 17.3 Å². The van der Waals surface area contributed by atoms with Gasteiger partial charge >= 0.3 is 5.97 Å². The predicted octanol–water partition coefficient (Wildman–Crippen LogP) is 7.16. The number of carbonyl (C=O) groups is 1. The standard InChI is InChI=1S/C22H44O2/c1-8-10-11-12-13-14-15-16-17-22(18(3)4,19(5)6)21(23)24-20(7)9-2/h18-20H,8-17H2,1-7H3. The fourth-order valence-corrected chi connectivity index (χ4v) is 3.74. The maximum atomic E-state index is 12.9. The van der Waals surface area contributed by atoms with Crippen molar-refractivity contribution in [1.29, 1.82) is 0 Å². The first-order valence-corrected chi connectivity index (χ1v) is 10.5. The van der Waals surface area contributed by atoms with Crippen molar-refractivity contribution in [3.05, 3.63) is 0 Å². The van der Waals surface area contributed by atoms with Crippen molar-refractivity contribution in [2.45, 2.75) is 119 Å². The van der Waals surface area contributed by atoms with Gasteiger partial charge in [0.05, 0.1) is 11.5 Å². The molecule has 0 amide bonds. The molecule has 2 nitrogen and oxygen atoms in total. The number of rotatable bonds is 14. The number of unbranched alkanes of at least 4 members (excludes halogenated alkanes) is 7. The highest BCUT2D eigenvalue weighted by Gasteiger charge is 2.45. The molecule has 0 aromatic heterocycles. The number of ether oxygens (including phenoxy) is 1. The Morgan fingerprint density at radius 1 is 0.792 bits per heavy atom. The van der Waals surface area contributed by atoms with Crippen molar-refractivity contribution in [2.75, 3.05) is 0 Å². The third kappa shape index (κ3) is 7.57. The van der Waals surface area contributed by atoms with Crippen LogP contribution in [-0.4, -0.2) is 12.1 Å². The van der Waals surface area contributed by atoms with Crippen LogP contribution in [0.2, 0.25) is 0 Å². The van der Waals surface area contributed by atoms with Crippen molar-refractivity contribution < 1.29 is 9.53 Å². The maximum Gasteiger partial charge on any atom is 0.312 e. The summed E-state index contributed by atoms with van der Waals surface area (Å²) in [4.78, 5) is 12.9. The average Bonchev–Trinajstić information content (AvgIpc) is 2.52. The molecule has 0 fully saturated rings. The first-order chi connectivity index (χ1) is 11.3. The maximum absolute atomic E-state index is 12.9. The Morgan fingerprint density at radius 3 is 1.67 bits per heavy atom. The van der Waals surface area contributed by atoms with Gasteiger partial charge in [0.25, 0.3) is 0 Å². The Kier molecular flexibility index (Phi) is 12.5. The SMILES string of the molecule is CCCCCCCCCCC(C(=O)OC(C)CC)(C(C)C)C(C)C. The molecule has 0 saturated heterocycles. The summed E-state index contributed by atoms with van der Waals surface area (Å²) in [5, 5.41) is 0. The third-order valence-electron chi connectivity index (χ3n) is 5.77. The molecule has 1 unspecified atom stereocenters. The van der Waals surface area contributed by atoms with E-state index in [-0.39, 0.29) is 17.5 Å². The van der Waals surface area contributed by atoms with E-state index in [1.165, 1.54) is 44.9 Å². The minimum Gasteiger partial charge on any atom is -0.462 e. The van der Waals surface area contributed by atoms with Crippen LogP contribution in [0.25, 0.3) is 0 Å². The lowest BCUT2D eigenvalue weighted by atomic mass is 9.66. The Balaban J connectivity index is 4.54. The summed E-state index contributed by atoms with van der Waals surface area (Å²) >= 11 is 0. The van der Waals surface area contributed by atoms with Gasteiger partial charge in [-0.1, -0.05) is 92.9 Å². The fourth-order valence-electron chi connectivity index (χ4n) is 3.74. The molecule has 0 bridgehead atoms. The zero-order valence-electron chi connectivity index (χ0n) is 17.6. The number of hydrogen-bond donors (Lipinski definition) is 0. The van der Waals surface area contributed by atoms with E-state index < -0.39 is 0 Å². The molecule has 0 aromatic carbocycles. The lowest BCUT2D eigenvalue weighted by Crippen LogP contribution is -2.43. The monoisotopic (exact) mass is 340 g/mol. The smallest absolute Gasteiger partial charge is 0.312 e. The molecule has 0 aliphatic carbocycles. The third-order valence-corrected chi connectivity index (χ3v) is 5.77. The summed E-state index contributed by atoms with van der Waals surface area (Å²) in [7, 11) is 0. The highest BCUT2D eigenvalue weighted by atomic mass is 16.5. The van der Waals surface area contributed by atoms with Crippen LogP contribution in [0.4, 0.5) is 0 Å².